The molecule has 1 unspecified atom stereocenters. The maximum Gasteiger partial charge on any atom is 0.138 e. The van der Waals surface area contributed by atoms with Gasteiger partial charge in [0.2, 0.25) is 0 Å². The van der Waals surface area contributed by atoms with Crippen molar-refractivity contribution in [2.75, 3.05) is 0 Å². The highest BCUT2D eigenvalue weighted by atomic mass is 16.1. The average molecular weight is 294 g/mol. The Bertz CT molecular complexity index is 1080. The molecule has 0 saturated carbocycles. The molecule has 0 N–H and O–H groups in total. The fourth-order valence-corrected chi connectivity index (χ4v) is 3.90. The zero-order valence-corrected chi connectivity index (χ0v) is 12.5. The van der Waals surface area contributed by atoms with Crippen LogP contribution < -0.4 is 0 Å². The monoisotopic (exact) mass is 294 g/mol. The Morgan fingerprint density at radius 1 is 0.826 bits per heavy atom. The number of fused-ring (bicyclic) bond motifs is 7. The summed E-state index contributed by atoms with van der Waals surface area (Å²) in [4.78, 5) is 11.7. The van der Waals surface area contributed by atoms with Crippen molar-refractivity contribution >= 4 is 39.5 Å². The van der Waals surface area contributed by atoms with E-state index in [1.807, 2.05) is 18.2 Å². The van der Waals surface area contributed by atoms with E-state index in [2.05, 4.69) is 60.7 Å². The van der Waals surface area contributed by atoms with Crippen molar-refractivity contribution in [1.82, 2.24) is 0 Å². The molecule has 0 amide bonds. The molecule has 0 spiro atoms. The summed E-state index contributed by atoms with van der Waals surface area (Å²) in [5, 5.41) is 5.03. The first kappa shape index (κ1) is 12.6. The van der Waals surface area contributed by atoms with Crippen molar-refractivity contribution in [3.63, 3.8) is 0 Å². The second-order valence-electron chi connectivity index (χ2n) is 6.23. The Balaban J connectivity index is 1.88. The summed E-state index contributed by atoms with van der Waals surface area (Å²) in [6.45, 7) is 0. The molecule has 23 heavy (non-hydrogen) atoms. The highest BCUT2D eigenvalue weighted by molar-refractivity contribution is 6.13. The van der Waals surface area contributed by atoms with Gasteiger partial charge in [0.1, 0.15) is 6.29 Å². The summed E-state index contributed by atoms with van der Waals surface area (Å²) >= 11 is 0. The molecular weight excluding hydrogens is 280 g/mol. The van der Waals surface area contributed by atoms with Crippen LogP contribution in [0, 0.1) is 5.41 Å². The quantitative estimate of drug-likeness (QED) is 0.447. The molecule has 0 aliphatic heterocycles. The maximum atomic E-state index is 11.7. The summed E-state index contributed by atoms with van der Waals surface area (Å²) in [5.41, 5.74) is 2.88. The molecule has 2 aliphatic carbocycles. The number of benzene rings is 3. The lowest BCUT2D eigenvalue weighted by atomic mass is 9.74. The van der Waals surface area contributed by atoms with Gasteiger partial charge in [-0.25, -0.2) is 0 Å². The number of carbonyl (C=O) groups excluding carboxylic acids is 1. The molecule has 0 bridgehead atoms. The van der Waals surface area contributed by atoms with E-state index in [4.69, 9.17) is 0 Å². The van der Waals surface area contributed by atoms with Crippen LogP contribution in [0.25, 0.3) is 33.2 Å². The standard InChI is InChI=1S/C22H14O/c23-14-22-12-3-6-21(22)20-10-9-17-16-5-2-1-4-15(16)7-8-18(17)19(20)11-13-22/h1-14H. The Morgan fingerprint density at radius 3 is 2.61 bits per heavy atom. The normalized spacial score (nSPS) is 21.3. The van der Waals surface area contributed by atoms with E-state index in [0.29, 0.717) is 0 Å². The first-order chi connectivity index (χ1) is 11.3. The summed E-state index contributed by atoms with van der Waals surface area (Å²) in [7, 11) is 0. The molecule has 0 radical (unpaired) electrons. The lowest BCUT2D eigenvalue weighted by Crippen LogP contribution is -2.20. The van der Waals surface area contributed by atoms with Gasteiger partial charge in [-0.2, -0.15) is 0 Å². The lowest BCUT2D eigenvalue weighted by Gasteiger charge is -2.27. The van der Waals surface area contributed by atoms with Crippen LogP contribution in [0.15, 0.2) is 72.8 Å². The predicted octanol–water partition coefficient (Wildman–Crippen LogP) is 5.16. The number of hydrogen-bond acceptors (Lipinski definition) is 1. The van der Waals surface area contributed by atoms with Crippen LogP contribution >= 0.6 is 0 Å². The number of aldehydes is 1. The molecule has 0 heterocycles. The van der Waals surface area contributed by atoms with Gasteiger partial charge in [-0.05, 0) is 38.2 Å². The van der Waals surface area contributed by atoms with Crippen molar-refractivity contribution in [3.05, 3.63) is 84.0 Å². The average Bonchev–Trinajstić information content (AvgIpc) is 3.06. The van der Waals surface area contributed by atoms with Crippen molar-refractivity contribution in [3.8, 4) is 0 Å². The summed E-state index contributed by atoms with van der Waals surface area (Å²) in [6.07, 6.45) is 11.2. The molecule has 1 heteroatoms. The van der Waals surface area contributed by atoms with Crippen LogP contribution in [-0.2, 0) is 4.79 Å². The van der Waals surface area contributed by atoms with Gasteiger partial charge in [0.05, 0.1) is 5.41 Å². The molecule has 5 rings (SSSR count). The number of rotatable bonds is 1. The van der Waals surface area contributed by atoms with Crippen LogP contribution in [0.5, 0.6) is 0 Å². The lowest BCUT2D eigenvalue weighted by molar-refractivity contribution is -0.110. The van der Waals surface area contributed by atoms with Gasteiger partial charge in [0.15, 0.2) is 0 Å². The molecule has 3 aromatic rings. The first-order valence-corrected chi connectivity index (χ1v) is 7.83. The molecule has 1 atom stereocenters. The Labute approximate surface area is 134 Å². The highest BCUT2D eigenvalue weighted by Crippen LogP contribution is 2.47. The molecule has 0 aromatic heterocycles. The van der Waals surface area contributed by atoms with Crippen molar-refractivity contribution in [1.29, 1.82) is 0 Å². The van der Waals surface area contributed by atoms with Gasteiger partial charge >= 0.3 is 0 Å². The summed E-state index contributed by atoms with van der Waals surface area (Å²) < 4.78 is 0. The number of hydrogen-bond donors (Lipinski definition) is 0. The fourth-order valence-electron chi connectivity index (χ4n) is 3.90. The molecular formula is C22H14O. The number of allylic oxidation sites excluding steroid dienone is 5. The van der Waals surface area contributed by atoms with E-state index < -0.39 is 5.41 Å². The zero-order chi connectivity index (χ0) is 15.4. The van der Waals surface area contributed by atoms with E-state index in [-0.39, 0.29) is 0 Å². The van der Waals surface area contributed by atoms with Crippen LogP contribution in [0.3, 0.4) is 0 Å². The summed E-state index contributed by atoms with van der Waals surface area (Å²) in [6, 6.07) is 17.2. The van der Waals surface area contributed by atoms with Crippen molar-refractivity contribution in [2.24, 2.45) is 5.41 Å². The van der Waals surface area contributed by atoms with E-state index in [0.717, 1.165) is 17.4 Å². The molecule has 0 fully saturated rings. The van der Waals surface area contributed by atoms with E-state index in [9.17, 15) is 4.79 Å². The largest absolute Gasteiger partial charge is 0.302 e. The van der Waals surface area contributed by atoms with Crippen LogP contribution in [0.1, 0.15) is 11.1 Å². The smallest absolute Gasteiger partial charge is 0.138 e. The van der Waals surface area contributed by atoms with Gasteiger partial charge in [0.25, 0.3) is 0 Å². The Morgan fingerprint density at radius 2 is 1.70 bits per heavy atom. The topological polar surface area (TPSA) is 17.1 Å². The van der Waals surface area contributed by atoms with Crippen LogP contribution in [0.4, 0.5) is 0 Å². The van der Waals surface area contributed by atoms with Gasteiger partial charge in [-0.1, -0.05) is 78.9 Å². The minimum atomic E-state index is -0.572. The zero-order valence-electron chi connectivity index (χ0n) is 12.5. The second-order valence-corrected chi connectivity index (χ2v) is 6.23. The van der Waals surface area contributed by atoms with E-state index >= 15 is 0 Å². The SMILES string of the molecule is O=CC12C=CC=C1c1ccc3c(ccc4ccccc43)c1C=C2. The fraction of sp³-hybridized carbons (Fsp3) is 0.0455. The minimum Gasteiger partial charge on any atom is -0.302 e. The third-order valence-corrected chi connectivity index (χ3v) is 5.08. The molecule has 3 aromatic carbocycles. The minimum absolute atomic E-state index is 0.572. The van der Waals surface area contributed by atoms with Gasteiger partial charge < -0.3 is 4.79 Å². The Kier molecular flexibility index (Phi) is 2.35. The van der Waals surface area contributed by atoms with Gasteiger partial charge in [-0.3, -0.25) is 0 Å². The highest BCUT2D eigenvalue weighted by Gasteiger charge is 2.35. The van der Waals surface area contributed by atoms with Gasteiger partial charge in [0, 0.05) is 0 Å². The third-order valence-electron chi connectivity index (χ3n) is 5.08. The predicted molar refractivity (Wildman–Crippen MR) is 96.1 cm³/mol. The second kappa shape index (κ2) is 4.30. The molecule has 0 saturated heterocycles. The van der Waals surface area contributed by atoms with E-state index in [1.165, 1.54) is 27.1 Å². The van der Waals surface area contributed by atoms with E-state index in [1.54, 1.807) is 0 Å². The van der Waals surface area contributed by atoms with Gasteiger partial charge in [-0.15, -0.1) is 0 Å². The third kappa shape index (κ3) is 1.54. The van der Waals surface area contributed by atoms with Crippen molar-refractivity contribution < 1.29 is 4.79 Å². The van der Waals surface area contributed by atoms with Crippen molar-refractivity contribution in [2.45, 2.75) is 0 Å². The molecule has 1 nitrogen and oxygen atoms in total. The van der Waals surface area contributed by atoms with Crippen LogP contribution in [0.2, 0.25) is 0 Å². The first-order valence-electron chi connectivity index (χ1n) is 7.83. The summed E-state index contributed by atoms with van der Waals surface area (Å²) in [5.74, 6) is 0. The number of carbonyl (C=O) groups is 1. The molecule has 2 aliphatic rings. The maximum absolute atomic E-state index is 11.7. The molecule has 108 valence electrons. The Hall–Kier alpha value is -2.93. The van der Waals surface area contributed by atoms with Crippen LogP contribution in [-0.4, -0.2) is 6.29 Å².